The van der Waals surface area contributed by atoms with Crippen LogP contribution in [0.15, 0.2) is 40.9 Å². The second-order valence-electron chi connectivity index (χ2n) is 6.10. The fraction of sp³-hybridized carbons (Fsp3) is 0.250. The third-order valence-electron chi connectivity index (χ3n) is 3.76. The van der Waals surface area contributed by atoms with Crippen LogP contribution in [-0.2, 0) is 9.53 Å². The van der Waals surface area contributed by atoms with E-state index in [1.165, 1.54) is 6.92 Å². The molecule has 0 bridgehead atoms. The fourth-order valence-electron chi connectivity index (χ4n) is 2.40. The summed E-state index contributed by atoms with van der Waals surface area (Å²) in [6.07, 6.45) is 0. The van der Waals surface area contributed by atoms with Crippen LogP contribution in [0.4, 0.5) is 11.4 Å². The zero-order valence-corrected chi connectivity index (χ0v) is 18.7. The van der Waals surface area contributed by atoms with Gasteiger partial charge in [-0.2, -0.15) is 0 Å². The minimum absolute atomic E-state index is 0.121. The van der Waals surface area contributed by atoms with E-state index >= 15 is 0 Å². The molecule has 0 heterocycles. The highest BCUT2D eigenvalue weighted by atomic mass is 79.9. The lowest BCUT2D eigenvalue weighted by atomic mass is 10.1. The predicted octanol–water partition coefficient (Wildman–Crippen LogP) is 3.87. The highest BCUT2D eigenvalue weighted by Crippen LogP contribution is 2.24. The van der Waals surface area contributed by atoms with Crippen LogP contribution in [0.2, 0.25) is 0 Å². The molecule has 0 radical (unpaired) electrons. The van der Waals surface area contributed by atoms with Crippen LogP contribution >= 0.6 is 28.1 Å². The van der Waals surface area contributed by atoms with Gasteiger partial charge in [0.1, 0.15) is 12.4 Å². The van der Waals surface area contributed by atoms with Crippen molar-refractivity contribution in [2.75, 3.05) is 31.0 Å². The van der Waals surface area contributed by atoms with Gasteiger partial charge < -0.3 is 20.1 Å². The SMILES string of the molecule is COCCOc1ccc(Br)cc1C(=O)NC(=S)Nc1ccc(C)c(NC(C)=O)c1. The molecule has 9 heteroatoms. The van der Waals surface area contributed by atoms with Gasteiger partial charge >= 0.3 is 0 Å². The minimum atomic E-state index is -0.412. The van der Waals surface area contributed by atoms with Crippen molar-refractivity contribution in [1.82, 2.24) is 5.32 Å². The first-order valence-corrected chi connectivity index (χ1v) is 9.92. The molecule has 0 aromatic heterocycles. The zero-order valence-electron chi connectivity index (χ0n) is 16.3. The van der Waals surface area contributed by atoms with E-state index in [0.717, 1.165) is 10.0 Å². The van der Waals surface area contributed by atoms with E-state index < -0.39 is 5.91 Å². The Balaban J connectivity index is 2.08. The van der Waals surface area contributed by atoms with Gasteiger partial charge in [0.25, 0.3) is 5.91 Å². The number of carbonyl (C=O) groups excluding carboxylic acids is 2. The Labute approximate surface area is 183 Å². The third kappa shape index (κ3) is 7.12. The van der Waals surface area contributed by atoms with Crippen molar-refractivity contribution in [3.63, 3.8) is 0 Å². The lowest BCUT2D eigenvalue weighted by Crippen LogP contribution is -2.34. The first-order valence-electron chi connectivity index (χ1n) is 8.72. The van der Waals surface area contributed by atoms with E-state index in [1.54, 1.807) is 37.4 Å². The average molecular weight is 480 g/mol. The number of aryl methyl sites for hydroxylation is 1. The summed E-state index contributed by atoms with van der Waals surface area (Å²) in [6.45, 7) is 4.04. The van der Waals surface area contributed by atoms with Gasteiger partial charge in [-0.3, -0.25) is 14.9 Å². The smallest absolute Gasteiger partial charge is 0.261 e. The van der Waals surface area contributed by atoms with Gasteiger partial charge in [0, 0.05) is 29.9 Å². The van der Waals surface area contributed by atoms with E-state index in [1.807, 2.05) is 13.0 Å². The molecule has 2 amide bonds. The Kier molecular flexibility index (Phi) is 8.56. The molecule has 0 aliphatic rings. The number of nitrogens with one attached hydrogen (secondary N) is 3. The molecule has 154 valence electrons. The van der Waals surface area contributed by atoms with Crippen LogP contribution in [0.3, 0.4) is 0 Å². The van der Waals surface area contributed by atoms with Crippen molar-refractivity contribution in [2.45, 2.75) is 13.8 Å². The second kappa shape index (κ2) is 10.9. The summed E-state index contributed by atoms with van der Waals surface area (Å²) < 4.78 is 11.3. The van der Waals surface area contributed by atoms with Gasteiger partial charge in [-0.1, -0.05) is 22.0 Å². The normalized spacial score (nSPS) is 10.2. The maximum absolute atomic E-state index is 12.7. The van der Waals surface area contributed by atoms with Crippen LogP contribution in [0.25, 0.3) is 0 Å². The number of anilines is 2. The number of methoxy groups -OCH3 is 1. The maximum Gasteiger partial charge on any atom is 0.261 e. The molecular weight excluding hydrogens is 458 g/mol. The topological polar surface area (TPSA) is 88.7 Å². The molecule has 2 rings (SSSR count). The number of ether oxygens (including phenoxy) is 2. The van der Waals surface area contributed by atoms with E-state index in [9.17, 15) is 9.59 Å². The van der Waals surface area contributed by atoms with Gasteiger partial charge in [-0.15, -0.1) is 0 Å². The highest BCUT2D eigenvalue weighted by Gasteiger charge is 2.15. The van der Waals surface area contributed by atoms with Crippen LogP contribution < -0.4 is 20.7 Å². The largest absolute Gasteiger partial charge is 0.490 e. The number of carbonyl (C=O) groups is 2. The van der Waals surface area contributed by atoms with E-state index in [4.69, 9.17) is 21.7 Å². The van der Waals surface area contributed by atoms with Crippen LogP contribution in [-0.4, -0.2) is 37.3 Å². The standard InChI is InChI=1S/C20H22BrN3O4S/c1-12-4-6-15(11-17(12)22-13(2)25)23-20(29)24-19(26)16-10-14(21)5-7-18(16)28-9-8-27-3/h4-7,10-11H,8-9H2,1-3H3,(H,22,25)(H2,23,24,26,29). The van der Waals surface area contributed by atoms with Gasteiger partial charge in [-0.25, -0.2) is 0 Å². The lowest BCUT2D eigenvalue weighted by molar-refractivity contribution is -0.114. The summed E-state index contributed by atoms with van der Waals surface area (Å²) in [5.74, 6) is -0.156. The molecule has 0 saturated heterocycles. The Morgan fingerprint density at radius 1 is 1.10 bits per heavy atom. The van der Waals surface area contributed by atoms with Crippen LogP contribution in [0.5, 0.6) is 5.75 Å². The van der Waals surface area contributed by atoms with E-state index in [-0.39, 0.29) is 11.0 Å². The van der Waals surface area contributed by atoms with Gasteiger partial charge in [-0.05, 0) is 55.0 Å². The molecule has 0 atom stereocenters. The van der Waals surface area contributed by atoms with Crippen molar-refractivity contribution in [3.05, 3.63) is 52.0 Å². The predicted molar refractivity (Wildman–Crippen MR) is 121 cm³/mol. The van der Waals surface area contributed by atoms with Crippen LogP contribution in [0, 0.1) is 6.92 Å². The summed E-state index contributed by atoms with van der Waals surface area (Å²) in [4.78, 5) is 24.0. The van der Waals surface area contributed by atoms with Gasteiger partial charge in [0.2, 0.25) is 5.91 Å². The Morgan fingerprint density at radius 2 is 1.86 bits per heavy atom. The zero-order chi connectivity index (χ0) is 21.4. The Morgan fingerprint density at radius 3 is 2.55 bits per heavy atom. The molecule has 0 fully saturated rings. The van der Waals surface area contributed by atoms with Crippen molar-refractivity contribution < 1.29 is 19.1 Å². The molecule has 7 nitrogen and oxygen atoms in total. The average Bonchev–Trinajstić information content (AvgIpc) is 2.65. The first-order chi connectivity index (χ1) is 13.8. The summed E-state index contributed by atoms with van der Waals surface area (Å²) in [5, 5.41) is 8.46. The van der Waals surface area contributed by atoms with Gasteiger partial charge in [0.15, 0.2) is 5.11 Å². The molecule has 0 spiro atoms. The number of rotatable bonds is 7. The highest BCUT2D eigenvalue weighted by molar-refractivity contribution is 9.10. The quantitative estimate of drug-likeness (QED) is 0.412. The van der Waals surface area contributed by atoms with Crippen molar-refractivity contribution in [1.29, 1.82) is 0 Å². The number of hydrogen-bond acceptors (Lipinski definition) is 5. The van der Waals surface area contributed by atoms with Crippen LogP contribution in [0.1, 0.15) is 22.8 Å². The number of halogens is 1. The Bertz CT molecular complexity index is 921. The van der Waals surface area contributed by atoms with E-state index in [0.29, 0.717) is 35.9 Å². The molecule has 2 aromatic rings. The minimum Gasteiger partial charge on any atom is -0.490 e. The van der Waals surface area contributed by atoms with Crippen molar-refractivity contribution in [2.24, 2.45) is 0 Å². The lowest BCUT2D eigenvalue weighted by Gasteiger charge is -2.14. The summed E-state index contributed by atoms with van der Waals surface area (Å²) in [6, 6.07) is 10.5. The molecule has 0 aliphatic carbocycles. The summed E-state index contributed by atoms with van der Waals surface area (Å²) >= 11 is 8.61. The second-order valence-corrected chi connectivity index (χ2v) is 7.42. The molecule has 0 aliphatic heterocycles. The summed E-state index contributed by atoms with van der Waals surface area (Å²) in [5.41, 5.74) is 2.54. The number of hydrogen-bond donors (Lipinski definition) is 3. The summed E-state index contributed by atoms with van der Waals surface area (Å²) in [7, 11) is 1.57. The molecule has 2 aromatic carbocycles. The van der Waals surface area contributed by atoms with Crippen molar-refractivity contribution in [3.8, 4) is 5.75 Å². The number of benzene rings is 2. The Hall–Kier alpha value is -2.49. The third-order valence-corrected chi connectivity index (χ3v) is 4.46. The molecule has 0 saturated carbocycles. The monoisotopic (exact) mass is 479 g/mol. The number of amides is 2. The molecule has 3 N–H and O–H groups in total. The fourth-order valence-corrected chi connectivity index (χ4v) is 2.97. The molecule has 29 heavy (non-hydrogen) atoms. The molecule has 0 unspecified atom stereocenters. The first kappa shape index (κ1) is 22.8. The maximum atomic E-state index is 12.7. The number of thiocarbonyl (C=S) groups is 1. The van der Waals surface area contributed by atoms with Gasteiger partial charge in [0.05, 0.1) is 12.2 Å². The van der Waals surface area contributed by atoms with E-state index in [2.05, 4.69) is 31.9 Å². The molecular formula is C20H22BrN3O4S. The van der Waals surface area contributed by atoms with Crippen molar-refractivity contribution >= 4 is 56.4 Å².